The minimum atomic E-state index is -0.543. The molecule has 1 aromatic heterocycles. The van der Waals surface area contributed by atoms with Crippen LogP contribution in [0.15, 0.2) is 22.9 Å². The fraction of sp³-hybridized carbons (Fsp3) is 0.647. The second-order valence-electron chi connectivity index (χ2n) is 6.57. The Kier molecular flexibility index (Phi) is 5.04. The Morgan fingerprint density at radius 1 is 1.39 bits per heavy atom. The van der Waals surface area contributed by atoms with E-state index in [9.17, 15) is 4.79 Å². The van der Waals surface area contributed by atoms with Crippen molar-refractivity contribution < 1.29 is 14.3 Å². The molecule has 1 N–H and O–H groups in total. The topological polar surface area (TPSA) is 60.5 Å². The highest BCUT2D eigenvalue weighted by atomic mass is 79.9. The summed E-state index contributed by atoms with van der Waals surface area (Å²) in [6.07, 6.45) is 8.72. The maximum absolute atomic E-state index is 11.6. The van der Waals surface area contributed by atoms with E-state index in [1.54, 1.807) is 6.20 Å². The van der Waals surface area contributed by atoms with Crippen LogP contribution < -0.4 is 5.32 Å². The molecule has 0 aromatic carbocycles. The number of esters is 1. The van der Waals surface area contributed by atoms with Crippen molar-refractivity contribution in [3.8, 4) is 0 Å². The van der Waals surface area contributed by atoms with Gasteiger partial charge in [0, 0.05) is 30.3 Å². The Hall–Kier alpha value is -0.980. The molecular weight excluding hydrogens is 360 g/mol. The molecule has 1 aliphatic carbocycles. The molecule has 6 heteroatoms. The minimum Gasteiger partial charge on any atom is -0.467 e. The van der Waals surface area contributed by atoms with Gasteiger partial charge in [0.2, 0.25) is 0 Å². The SMILES string of the molecule is COC(=O)COC1(c2cccnc2Br)CNC2(CCCCC2)C1. The lowest BCUT2D eigenvalue weighted by Gasteiger charge is -2.36. The van der Waals surface area contributed by atoms with E-state index in [0.717, 1.165) is 29.4 Å². The number of hydrogen-bond donors (Lipinski definition) is 1. The lowest BCUT2D eigenvalue weighted by atomic mass is 9.76. The molecular formula is C17H23BrN2O3. The van der Waals surface area contributed by atoms with Crippen LogP contribution in [-0.4, -0.2) is 36.8 Å². The zero-order valence-electron chi connectivity index (χ0n) is 13.4. The van der Waals surface area contributed by atoms with Crippen molar-refractivity contribution in [2.24, 2.45) is 0 Å². The number of hydrogen-bond acceptors (Lipinski definition) is 5. The Morgan fingerprint density at radius 2 is 2.17 bits per heavy atom. The summed E-state index contributed by atoms with van der Waals surface area (Å²) < 4.78 is 11.7. The van der Waals surface area contributed by atoms with Crippen LogP contribution in [-0.2, 0) is 19.9 Å². The van der Waals surface area contributed by atoms with Crippen molar-refractivity contribution in [2.45, 2.75) is 49.7 Å². The number of ether oxygens (including phenoxy) is 2. The predicted molar refractivity (Wildman–Crippen MR) is 90.0 cm³/mol. The molecule has 2 fully saturated rings. The van der Waals surface area contributed by atoms with E-state index in [1.165, 1.54) is 26.4 Å². The van der Waals surface area contributed by atoms with Gasteiger partial charge in [-0.2, -0.15) is 0 Å². The number of carbonyl (C=O) groups excluding carboxylic acids is 1. The number of nitrogens with zero attached hydrogens (tertiary/aromatic N) is 1. The van der Waals surface area contributed by atoms with Gasteiger partial charge in [-0.15, -0.1) is 0 Å². The third kappa shape index (κ3) is 3.44. The zero-order chi connectivity index (χ0) is 16.3. The molecule has 1 aliphatic heterocycles. The average molecular weight is 383 g/mol. The van der Waals surface area contributed by atoms with Gasteiger partial charge in [0.15, 0.2) is 0 Å². The van der Waals surface area contributed by atoms with Gasteiger partial charge >= 0.3 is 5.97 Å². The molecule has 3 rings (SSSR count). The standard InChI is InChI=1S/C17H23BrN2O3/c1-22-14(21)10-23-17(13-6-5-9-19-15(13)18)11-16(20-12-17)7-3-2-4-8-16/h5-6,9,20H,2-4,7-8,10-12H2,1H3. The third-order valence-electron chi connectivity index (χ3n) is 5.13. The molecule has 1 atom stereocenters. The molecule has 1 unspecified atom stereocenters. The largest absolute Gasteiger partial charge is 0.467 e. The third-order valence-corrected chi connectivity index (χ3v) is 5.76. The summed E-state index contributed by atoms with van der Waals surface area (Å²) in [7, 11) is 1.38. The predicted octanol–water partition coefficient (Wildman–Crippen LogP) is 2.93. The van der Waals surface area contributed by atoms with E-state index >= 15 is 0 Å². The van der Waals surface area contributed by atoms with Gasteiger partial charge in [0.05, 0.1) is 7.11 Å². The molecule has 1 saturated heterocycles. The monoisotopic (exact) mass is 382 g/mol. The number of rotatable bonds is 4. The Bertz CT molecular complexity index is 575. The molecule has 2 aliphatic rings. The Morgan fingerprint density at radius 3 is 2.87 bits per heavy atom. The van der Waals surface area contributed by atoms with Crippen molar-refractivity contribution >= 4 is 21.9 Å². The maximum atomic E-state index is 11.6. The highest BCUT2D eigenvalue weighted by Gasteiger charge is 2.51. The van der Waals surface area contributed by atoms with E-state index in [4.69, 9.17) is 9.47 Å². The van der Waals surface area contributed by atoms with Crippen LogP contribution in [0.2, 0.25) is 0 Å². The van der Waals surface area contributed by atoms with Crippen LogP contribution in [0.4, 0.5) is 0 Å². The van der Waals surface area contributed by atoms with Crippen molar-refractivity contribution in [1.29, 1.82) is 0 Å². The summed E-state index contributed by atoms with van der Waals surface area (Å²) in [5, 5.41) is 3.70. The first-order valence-electron chi connectivity index (χ1n) is 8.16. The number of carbonyl (C=O) groups is 1. The smallest absolute Gasteiger partial charge is 0.331 e. The molecule has 126 valence electrons. The van der Waals surface area contributed by atoms with Crippen LogP contribution in [0, 0.1) is 0 Å². The van der Waals surface area contributed by atoms with E-state index in [-0.39, 0.29) is 18.1 Å². The number of halogens is 1. The fourth-order valence-corrected chi connectivity index (χ4v) is 4.55. The molecule has 23 heavy (non-hydrogen) atoms. The molecule has 1 spiro atoms. The summed E-state index contributed by atoms with van der Waals surface area (Å²) in [4.78, 5) is 15.9. The molecule has 0 amide bonds. The van der Waals surface area contributed by atoms with Gasteiger partial charge in [0.1, 0.15) is 16.8 Å². The Balaban J connectivity index is 1.89. The second kappa shape index (κ2) is 6.87. The van der Waals surface area contributed by atoms with Crippen LogP contribution in [0.3, 0.4) is 0 Å². The summed E-state index contributed by atoms with van der Waals surface area (Å²) >= 11 is 3.54. The van der Waals surface area contributed by atoms with Gasteiger partial charge in [-0.05, 0) is 34.8 Å². The number of nitrogens with one attached hydrogen (secondary N) is 1. The number of pyridine rings is 1. The van der Waals surface area contributed by atoms with Crippen molar-refractivity contribution in [3.63, 3.8) is 0 Å². The van der Waals surface area contributed by atoms with E-state index < -0.39 is 5.60 Å². The molecule has 1 saturated carbocycles. The van der Waals surface area contributed by atoms with E-state index in [0.29, 0.717) is 6.54 Å². The summed E-state index contributed by atoms with van der Waals surface area (Å²) in [6.45, 7) is 0.643. The quantitative estimate of drug-likeness (QED) is 0.640. The first-order chi connectivity index (χ1) is 11.1. The van der Waals surface area contributed by atoms with Crippen molar-refractivity contribution in [1.82, 2.24) is 10.3 Å². The molecule has 5 nitrogen and oxygen atoms in total. The molecule has 1 aromatic rings. The summed E-state index contributed by atoms with van der Waals surface area (Å²) in [5.74, 6) is -0.353. The molecule has 2 heterocycles. The number of methoxy groups -OCH3 is 1. The highest BCUT2D eigenvalue weighted by molar-refractivity contribution is 9.10. The Labute approximate surface area is 145 Å². The maximum Gasteiger partial charge on any atom is 0.331 e. The second-order valence-corrected chi connectivity index (χ2v) is 7.32. The van der Waals surface area contributed by atoms with Crippen LogP contribution in [0.25, 0.3) is 0 Å². The van der Waals surface area contributed by atoms with Crippen molar-refractivity contribution in [3.05, 3.63) is 28.5 Å². The minimum absolute atomic E-state index is 0.0460. The average Bonchev–Trinajstić information content (AvgIpc) is 2.93. The highest BCUT2D eigenvalue weighted by Crippen LogP contribution is 2.46. The van der Waals surface area contributed by atoms with Crippen LogP contribution in [0.1, 0.15) is 44.1 Å². The normalized spacial score (nSPS) is 26.3. The molecule has 0 bridgehead atoms. The summed E-state index contributed by atoms with van der Waals surface area (Å²) in [6, 6.07) is 3.94. The van der Waals surface area contributed by atoms with Gasteiger partial charge in [-0.25, -0.2) is 9.78 Å². The van der Waals surface area contributed by atoms with Gasteiger partial charge in [-0.1, -0.05) is 25.3 Å². The van der Waals surface area contributed by atoms with Crippen LogP contribution >= 0.6 is 15.9 Å². The fourth-order valence-electron chi connectivity index (χ4n) is 3.94. The summed E-state index contributed by atoms with van der Waals surface area (Å²) in [5.41, 5.74) is 0.571. The lowest BCUT2D eigenvalue weighted by molar-refractivity contribution is -0.153. The van der Waals surface area contributed by atoms with Crippen molar-refractivity contribution in [2.75, 3.05) is 20.3 Å². The number of aromatic nitrogens is 1. The van der Waals surface area contributed by atoms with Gasteiger partial charge < -0.3 is 14.8 Å². The zero-order valence-corrected chi connectivity index (χ0v) is 15.0. The lowest BCUT2D eigenvalue weighted by Crippen LogP contribution is -2.41. The van der Waals surface area contributed by atoms with Crippen LogP contribution in [0.5, 0.6) is 0 Å². The first kappa shape index (κ1) is 16.9. The first-order valence-corrected chi connectivity index (χ1v) is 8.95. The molecule has 0 radical (unpaired) electrons. The van der Waals surface area contributed by atoms with Gasteiger partial charge in [0.25, 0.3) is 0 Å². The van der Waals surface area contributed by atoms with E-state index in [2.05, 4.69) is 26.2 Å². The van der Waals surface area contributed by atoms with E-state index in [1.807, 2.05) is 12.1 Å². The van der Waals surface area contributed by atoms with Gasteiger partial charge in [-0.3, -0.25) is 0 Å².